The zero-order valence-electron chi connectivity index (χ0n) is 14.0. The van der Waals surface area contributed by atoms with Gasteiger partial charge in [0.2, 0.25) is 0 Å². The standard InChI is InChI=1S/C16H17FN6OS/c1-9-11(10-4-5-20-14(22-10)16(2,3)8-17)25-13(21-9)12-19-6-7-23(12)15(18)24/h4-7H,8H2,1-3H3,(H2,18,24). The number of alkyl halides is 1. The Labute approximate surface area is 147 Å². The molecular formula is C16H17FN6OS. The van der Waals surface area contributed by atoms with E-state index in [1.54, 1.807) is 26.1 Å². The highest BCUT2D eigenvalue weighted by Crippen LogP contribution is 2.34. The molecule has 0 atom stereocenters. The lowest BCUT2D eigenvalue weighted by Crippen LogP contribution is -2.23. The number of thiazole rings is 1. The normalized spacial score (nSPS) is 11.7. The fraction of sp³-hybridized carbons (Fsp3) is 0.312. The van der Waals surface area contributed by atoms with Crippen molar-refractivity contribution in [3.63, 3.8) is 0 Å². The molecule has 0 saturated heterocycles. The number of rotatable bonds is 4. The van der Waals surface area contributed by atoms with Crippen LogP contribution in [0, 0.1) is 6.92 Å². The molecule has 0 aromatic carbocycles. The summed E-state index contributed by atoms with van der Waals surface area (Å²) < 4.78 is 14.5. The van der Waals surface area contributed by atoms with Crippen LogP contribution in [0.2, 0.25) is 0 Å². The number of aryl methyl sites for hydroxylation is 1. The Balaban J connectivity index is 2.06. The Morgan fingerprint density at radius 1 is 1.32 bits per heavy atom. The Hall–Kier alpha value is -2.68. The number of halogens is 1. The second-order valence-electron chi connectivity index (χ2n) is 6.18. The van der Waals surface area contributed by atoms with E-state index in [0.717, 1.165) is 10.6 Å². The third kappa shape index (κ3) is 3.14. The fourth-order valence-electron chi connectivity index (χ4n) is 2.24. The summed E-state index contributed by atoms with van der Waals surface area (Å²) in [4.78, 5) is 29.6. The van der Waals surface area contributed by atoms with Crippen molar-refractivity contribution in [2.24, 2.45) is 5.73 Å². The molecule has 0 aliphatic heterocycles. The number of nitrogens with zero attached hydrogens (tertiary/aromatic N) is 5. The predicted octanol–water partition coefficient (Wildman–Crippen LogP) is 2.95. The van der Waals surface area contributed by atoms with Crippen molar-refractivity contribution in [3.05, 3.63) is 36.2 Å². The third-order valence-corrected chi connectivity index (χ3v) is 4.87. The average Bonchev–Trinajstić information content (AvgIpc) is 3.21. The van der Waals surface area contributed by atoms with Crippen LogP contribution in [-0.4, -0.2) is 37.2 Å². The van der Waals surface area contributed by atoms with Crippen molar-refractivity contribution in [3.8, 4) is 21.4 Å². The van der Waals surface area contributed by atoms with Crippen LogP contribution in [0.25, 0.3) is 21.4 Å². The molecule has 9 heteroatoms. The largest absolute Gasteiger partial charge is 0.351 e. The lowest BCUT2D eigenvalue weighted by atomic mass is 9.94. The molecule has 3 rings (SSSR count). The number of carbonyl (C=O) groups excluding carboxylic acids is 1. The maximum Gasteiger partial charge on any atom is 0.324 e. The third-order valence-electron chi connectivity index (χ3n) is 3.69. The number of amides is 1. The minimum absolute atomic E-state index is 0.380. The van der Waals surface area contributed by atoms with E-state index < -0.39 is 18.1 Å². The van der Waals surface area contributed by atoms with Gasteiger partial charge in [-0.15, -0.1) is 11.3 Å². The molecule has 3 heterocycles. The molecule has 25 heavy (non-hydrogen) atoms. The van der Waals surface area contributed by atoms with E-state index in [9.17, 15) is 9.18 Å². The van der Waals surface area contributed by atoms with Crippen LogP contribution in [0.15, 0.2) is 24.7 Å². The van der Waals surface area contributed by atoms with Crippen molar-refractivity contribution in [2.45, 2.75) is 26.2 Å². The maximum atomic E-state index is 13.2. The number of aromatic nitrogens is 5. The molecule has 0 bridgehead atoms. The molecule has 2 N–H and O–H groups in total. The summed E-state index contributed by atoms with van der Waals surface area (Å²) in [6.45, 7) is 4.79. The van der Waals surface area contributed by atoms with E-state index in [0.29, 0.717) is 22.4 Å². The van der Waals surface area contributed by atoms with E-state index in [1.807, 2.05) is 6.92 Å². The zero-order valence-corrected chi connectivity index (χ0v) is 14.8. The summed E-state index contributed by atoms with van der Waals surface area (Å²) in [6.07, 6.45) is 4.59. The molecule has 0 aliphatic carbocycles. The Bertz CT molecular complexity index is 932. The van der Waals surface area contributed by atoms with Gasteiger partial charge in [-0.05, 0) is 13.0 Å². The molecule has 130 valence electrons. The van der Waals surface area contributed by atoms with Gasteiger partial charge >= 0.3 is 6.03 Å². The van der Waals surface area contributed by atoms with Crippen molar-refractivity contribution < 1.29 is 9.18 Å². The monoisotopic (exact) mass is 360 g/mol. The van der Waals surface area contributed by atoms with Gasteiger partial charge in [0.25, 0.3) is 0 Å². The Kier molecular flexibility index (Phi) is 4.34. The van der Waals surface area contributed by atoms with Gasteiger partial charge in [-0.2, -0.15) is 0 Å². The van der Waals surface area contributed by atoms with Gasteiger partial charge < -0.3 is 5.73 Å². The smallest absolute Gasteiger partial charge is 0.324 e. The van der Waals surface area contributed by atoms with Crippen molar-refractivity contribution in [2.75, 3.05) is 6.67 Å². The Morgan fingerprint density at radius 2 is 2.08 bits per heavy atom. The van der Waals surface area contributed by atoms with Crippen molar-refractivity contribution >= 4 is 17.4 Å². The Morgan fingerprint density at radius 3 is 2.76 bits per heavy atom. The first-order valence-electron chi connectivity index (χ1n) is 7.54. The second-order valence-corrected chi connectivity index (χ2v) is 7.17. The van der Waals surface area contributed by atoms with Gasteiger partial charge in [0.1, 0.15) is 12.5 Å². The van der Waals surface area contributed by atoms with Crippen LogP contribution in [0.1, 0.15) is 25.4 Å². The average molecular weight is 360 g/mol. The number of nitrogens with two attached hydrogens (primary N) is 1. The van der Waals surface area contributed by atoms with E-state index in [1.165, 1.54) is 28.3 Å². The maximum absolute atomic E-state index is 13.2. The summed E-state index contributed by atoms with van der Waals surface area (Å²) >= 11 is 1.34. The van der Waals surface area contributed by atoms with E-state index >= 15 is 0 Å². The lowest BCUT2D eigenvalue weighted by molar-refractivity contribution is 0.250. The van der Waals surface area contributed by atoms with Crippen LogP contribution in [0.4, 0.5) is 9.18 Å². The first-order chi connectivity index (χ1) is 11.8. The van der Waals surface area contributed by atoms with E-state index in [4.69, 9.17) is 5.73 Å². The summed E-state index contributed by atoms with van der Waals surface area (Å²) in [7, 11) is 0. The summed E-state index contributed by atoms with van der Waals surface area (Å²) in [6, 6.07) is 1.12. The van der Waals surface area contributed by atoms with Gasteiger partial charge in [0.15, 0.2) is 10.8 Å². The molecule has 0 saturated carbocycles. The highest BCUT2D eigenvalue weighted by Gasteiger charge is 2.25. The summed E-state index contributed by atoms with van der Waals surface area (Å²) in [5, 5.41) is 0.557. The van der Waals surface area contributed by atoms with Gasteiger partial charge in [-0.1, -0.05) is 13.8 Å². The fourth-order valence-corrected chi connectivity index (χ4v) is 3.27. The molecular weight excluding hydrogens is 343 g/mol. The first kappa shape index (κ1) is 17.2. The quantitative estimate of drug-likeness (QED) is 0.771. The van der Waals surface area contributed by atoms with E-state index in [2.05, 4.69) is 19.9 Å². The highest BCUT2D eigenvalue weighted by molar-refractivity contribution is 7.18. The minimum Gasteiger partial charge on any atom is -0.351 e. The molecule has 1 amide bonds. The number of imidazole rings is 1. The molecule has 3 aromatic heterocycles. The van der Waals surface area contributed by atoms with Gasteiger partial charge in [0.05, 0.1) is 21.7 Å². The molecule has 0 radical (unpaired) electrons. The second kappa shape index (κ2) is 6.32. The number of primary amides is 1. The van der Waals surface area contributed by atoms with E-state index in [-0.39, 0.29) is 0 Å². The minimum atomic E-state index is -0.764. The zero-order chi connectivity index (χ0) is 18.2. The molecule has 7 nitrogen and oxygen atoms in total. The molecule has 0 aliphatic rings. The van der Waals surface area contributed by atoms with Gasteiger partial charge in [0, 0.05) is 18.6 Å². The van der Waals surface area contributed by atoms with Gasteiger partial charge in [-0.3, -0.25) is 4.39 Å². The van der Waals surface area contributed by atoms with Crippen LogP contribution >= 0.6 is 11.3 Å². The molecule has 0 fully saturated rings. The topological polar surface area (TPSA) is 99.6 Å². The number of carbonyl (C=O) groups is 1. The van der Waals surface area contributed by atoms with Crippen LogP contribution < -0.4 is 5.73 Å². The number of hydrogen-bond acceptors (Lipinski definition) is 6. The van der Waals surface area contributed by atoms with Crippen LogP contribution in [0.3, 0.4) is 0 Å². The van der Waals surface area contributed by atoms with Gasteiger partial charge in [-0.25, -0.2) is 29.3 Å². The first-order valence-corrected chi connectivity index (χ1v) is 8.36. The SMILES string of the molecule is Cc1nc(-c2nccn2C(N)=O)sc1-c1ccnc(C(C)(C)CF)n1. The summed E-state index contributed by atoms with van der Waals surface area (Å²) in [5.41, 5.74) is 5.97. The predicted molar refractivity (Wildman–Crippen MR) is 93.1 cm³/mol. The highest BCUT2D eigenvalue weighted by atomic mass is 32.1. The van der Waals surface area contributed by atoms with Crippen LogP contribution in [-0.2, 0) is 5.41 Å². The lowest BCUT2D eigenvalue weighted by Gasteiger charge is -2.18. The molecule has 0 unspecified atom stereocenters. The molecule has 0 spiro atoms. The molecule has 3 aromatic rings. The van der Waals surface area contributed by atoms with Crippen LogP contribution in [0.5, 0.6) is 0 Å². The van der Waals surface area contributed by atoms with Crippen molar-refractivity contribution in [1.82, 2.24) is 24.5 Å². The van der Waals surface area contributed by atoms with Crippen molar-refractivity contribution in [1.29, 1.82) is 0 Å². The number of hydrogen-bond donors (Lipinski definition) is 1. The summed E-state index contributed by atoms with van der Waals surface area (Å²) in [5.74, 6) is 0.811.